The number of methoxy groups -OCH3 is 2. The molecule has 0 amide bonds. The molecule has 0 atom stereocenters. The van der Waals surface area contributed by atoms with Crippen LogP contribution in [-0.2, 0) is 6.61 Å². The first-order valence-corrected chi connectivity index (χ1v) is 5.86. The summed E-state index contributed by atoms with van der Waals surface area (Å²) in [6, 6.07) is 3.42. The Balaban J connectivity index is 2.85. The average molecular weight is 256 g/mol. The summed E-state index contributed by atoms with van der Waals surface area (Å²) in [6.07, 6.45) is 1.45. The maximum Gasteiger partial charge on any atom is 0.203 e. The molecular formula is C13H20O5. The van der Waals surface area contributed by atoms with Crippen LogP contribution in [0.3, 0.4) is 0 Å². The van der Waals surface area contributed by atoms with Gasteiger partial charge in [-0.2, -0.15) is 0 Å². The van der Waals surface area contributed by atoms with Gasteiger partial charge in [-0.05, 0) is 30.5 Å². The van der Waals surface area contributed by atoms with Crippen LogP contribution in [0.15, 0.2) is 12.1 Å². The van der Waals surface area contributed by atoms with E-state index in [9.17, 15) is 0 Å². The van der Waals surface area contributed by atoms with E-state index in [2.05, 4.69) is 0 Å². The van der Waals surface area contributed by atoms with Gasteiger partial charge in [-0.1, -0.05) is 0 Å². The van der Waals surface area contributed by atoms with Gasteiger partial charge in [0, 0.05) is 6.61 Å². The molecule has 0 aliphatic rings. The minimum atomic E-state index is -0.0858. The molecule has 102 valence electrons. The highest BCUT2D eigenvalue weighted by atomic mass is 16.5. The van der Waals surface area contributed by atoms with Crippen molar-refractivity contribution in [1.29, 1.82) is 0 Å². The van der Waals surface area contributed by atoms with Crippen molar-refractivity contribution in [2.45, 2.75) is 19.4 Å². The minimum absolute atomic E-state index is 0.0858. The van der Waals surface area contributed by atoms with Crippen molar-refractivity contribution < 1.29 is 24.4 Å². The molecule has 0 aromatic heterocycles. The van der Waals surface area contributed by atoms with Crippen LogP contribution in [-0.4, -0.2) is 37.6 Å². The first-order chi connectivity index (χ1) is 8.76. The smallest absolute Gasteiger partial charge is 0.203 e. The van der Waals surface area contributed by atoms with E-state index < -0.39 is 0 Å². The summed E-state index contributed by atoms with van der Waals surface area (Å²) in [5.74, 6) is 1.58. The van der Waals surface area contributed by atoms with Gasteiger partial charge in [0.1, 0.15) is 0 Å². The molecule has 0 radical (unpaired) electrons. The number of ether oxygens (including phenoxy) is 3. The van der Waals surface area contributed by atoms with Crippen molar-refractivity contribution in [3.05, 3.63) is 17.7 Å². The lowest BCUT2D eigenvalue weighted by Crippen LogP contribution is -2.03. The monoisotopic (exact) mass is 256 g/mol. The summed E-state index contributed by atoms with van der Waals surface area (Å²) in [6.45, 7) is 0.546. The second-order valence-electron chi connectivity index (χ2n) is 3.77. The fourth-order valence-corrected chi connectivity index (χ4v) is 1.56. The van der Waals surface area contributed by atoms with Crippen LogP contribution in [0, 0.1) is 0 Å². The first-order valence-electron chi connectivity index (χ1n) is 5.86. The maximum absolute atomic E-state index is 9.13. The Bertz CT molecular complexity index is 339. The lowest BCUT2D eigenvalue weighted by Gasteiger charge is -2.15. The van der Waals surface area contributed by atoms with Crippen molar-refractivity contribution in [3.8, 4) is 17.2 Å². The second kappa shape index (κ2) is 7.79. The van der Waals surface area contributed by atoms with Crippen LogP contribution in [0.4, 0.5) is 0 Å². The van der Waals surface area contributed by atoms with Crippen LogP contribution < -0.4 is 14.2 Å². The fraction of sp³-hybridized carbons (Fsp3) is 0.538. The third kappa shape index (κ3) is 3.78. The summed E-state index contributed by atoms with van der Waals surface area (Å²) in [7, 11) is 3.08. The number of hydrogen-bond acceptors (Lipinski definition) is 5. The Kier molecular flexibility index (Phi) is 6.32. The summed E-state index contributed by atoms with van der Waals surface area (Å²) in [5.41, 5.74) is 0.700. The van der Waals surface area contributed by atoms with Crippen molar-refractivity contribution >= 4 is 0 Å². The van der Waals surface area contributed by atoms with Gasteiger partial charge in [-0.25, -0.2) is 0 Å². The molecule has 0 fully saturated rings. The van der Waals surface area contributed by atoms with E-state index in [-0.39, 0.29) is 13.2 Å². The van der Waals surface area contributed by atoms with E-state index in [4.69, 9.17) is 24.4 Å². The Morgan fingerprint density at radius 3 is 2.06 bits per heavy atom. The molecule has 0 spiro atoms. The highest BCUT2D eigenvalue weighted by Gasteiger charge is 2.13. The van der Waals surface area contributed by atoms with Gasteiger partial charge < -0.3 is 24.4 Å². The number of benzene rings is 1. The van der Waals surface area contributed by atoms with Gasteiger partial charge in [0.2, 0.25) is 5.75 Å². The molecule has 0 saturated carbocycles. The third-order valence-corrected chi connectivity index (χ3v) is 2.50. The van der Waals surface area contributed by atoms with E-state index in [0.29, 0.717) is 35.8 Å². The van der Waals surface area contributed by atoms with Gasteiger partial charge in [0.15, 0.2) is 11.5 Å². The average Bonchev–Trinajstić information content (AvgIpc) is 2.42. The molecular weight excluding hydrogens is 236 g/mol. The zero-order chi connectivity index (χ0) is 13.4. The molecule has 0 saturated heterocycles. The number of aliphatic hydroxyl groups excluding tert-OH is 2. The number of hydrogen-bond donors (Lipinski definition) is 2. The molecule has 18 heavy (non-hydrogen) atoms. The molecule has 0 aliphatic carbocycles. The van der Waals surface area contributed by atoms with Crippen molar-refractivity contribution in [3.63, 3.8) is 0 Å². The standard InChI is InChI=1S/C13H20O5/c1-16-11-7-10(9-15)8-12(17-2)13(11)18-6-4-3-5-14/h7-8,14-15H,3-6,9H2,1-2H3. The predicted molar refractivity (Wildman–Crippen MR) is 67.3 cm³/mol. The van der Waals surface area contributed by atoms with Crippen LogP contribution >= 0.6 is 0 Å². The van der Waals surface area contributed by atoms with Crippen molar-refractivity contribution in [2.75, 3.05) is 27.4 Å². The quantitative estimate of drug-likeness (QED) is 0.687. The molecule has 5 nitrogen and oxygen atoms in total. The highest BCUT2D eigenvalue weighted by molar-refractivity contribution is 5.53. The van der Waals surface area contributed by atoms with E-state index in [1.165, 1.54) is 14.2 Å². The van der Waals surface area contributed by atoms with Gasteiger partial charge >= 0.3 is 0 Å². The zero-order valence-electron chi connectivity index (χ0n) is 10.8. The Morgan fingerprint density at radius 2 is 1.61 bits per heavy atom. The van der Waals surface area contributed by atoms with Crippen LogP contribution in [0.5, 0.6) is 17.2 Å². The Morgan fingerprint density at radius 1 is 1.00 bits per heavy atom. The second-order valence-corrected chi connectivity index (χ2v) is 3.77. The summed E-state index contributed by atoms with van der Waals surface area (Å²) in [5, 5.41) is 17.8. The van der Waals surface area contributed by atoms with Crippen molar-refractivity contribution in [2.24, 2.45) is 0 Å². The van der Waals surface area contributed by atoms with Gasteiger partial charge in [-0.15, -0.1) is 0 Å². The van der Waals surface area contributed by atoms with E-state index >= 15 is 0 Å². The third-order valence-electron chi connectivity index (χ3n) is 2.50. The predicted octanol–water partition coefficient (Wildman–Crippen LogP) is 1.35. The highest BCUT2D eigenvalue weighted by Crippen LogP contribution is 2.38. The van der Waals surface area contributed by atoms with Crippen LogP contribution in [0.2, 0.25) is 0 Å². The zero-order valence-corrected chi connectivity index (χ0v) is 10.8. The molecule has 1 rings (SSSR count). The van der Waals surface area contributed by atoms with E-state index in [0.717, 1.165) is 6.42 Å². The first kappa shape index (κ1) is 14.6. The van der Waals surface area contributed by atoms with Gasteiger partial charge in [-0.3, -0.25) is 0 Å². The number of aliphatic hydroxyl groups is 2. The lowest BCUT2D eigenvalue weighted by atomic mass is 10.2. The molecule has 1 aromatic carbocycles. The summed E-state index contributed by atoms with van der Waals surface area (Å²) >= 11 is 0. The molecule has 2 N–H and O–H groups in total. The van der Waals surface area contributed by atoms with Crippen LogP contribution in [0.1, 0.15) is 18.4 Å². The molecule has 0 aliphatic heterocycles. The normalized spacial score (nSPS) is 10.2. The molecule has 5 heteroatoms. The largest absolute Gasteiger partial charge is 0.493 e. The fourth-order valence-electron chi connectivity index (χ4n) is 1.56. The lowest BCUT2D eigenvalue weighted by molar-refractivity contribution is 0.239. The van der Waals surface area contributed by atoms with Crippen molar-refractivity contribution in [1.82, 2.24) is 0 Å². The molecule has 1 aromatic rings. The SMILES string of the molecule is COc1cc(CO)cc(OC)c1OCCCCO. The maximum atomic E-state index is 9.13. The molecule has 0 bridgehead atoms. The summed E-state index contributed by atoms with van der Waals surface area (Å²) in [4.78, 5) is 0. The van der Waals surface area contributed by atoms with E-state index in [1.54, 1.807) is 12.1 Å². The van der Waals surface area contributed by atoms with Crippen LogP contribution in [0.25, 0.3) is 0 Å². The number of rotatable bonds is 8. The topological polar surface area (TPSA) is 68.2 Å². The molecule has 0 heterocycles. The van der Waals surface area contributed by atoms with Gasteiger partial charge in [0.25, 0.3) is 0 Å². The Labute approximate surface area is 107 Å². The number of unbranched alkanes of at least 4 members (excludes halogenated alkanes) is 1. The minimum Gasteiger partial charge on any atom is -0.493 e. The Hall–Kier alpha value is -1.46. The van der Waals surface area contributed by atoms with Gasteiger partial charge in [0.05, 0.1) is 27.4 Å². The molecule has 0 unspecified atom stereocenters. The van der Waals surface area contributed by atoms with E-state index in [1.807, 2.05) is 0 Å². The summed E-state index contributed by atoms with van der Waals surface area (Å²) < 4.78 is 16.1.